The maximum Gasteiger partial charge on any atom is 0.335 e. The summed E-state index contributed by atoms with van der Waals surface area (Å²) in [6.45, 7) is 0. The second-order valence-electron chi connectivity index (χ2n) is 5.09. The molecule has 8 heteroatoms. The molecule has 0 atom stereocenters. The van der Waals surface area contributed by atoms with E-state index in [-0.39, 0.29) is 23.6 Å². The van der Waals surface area contributed by atoms with Crippen LogP contribution in [0.1, 0.15) is 22.3 Å². The molecule has 0 saturated carbocycles. The maximum absolute atomic E-state index is 12.2. The van der Waals surface area contributed by atoms with Crippen molar-refractivity contribution in [1.82, 2.24) is 0 Å². The number of carbonyl (C=O) groups is 2. The summed E-state index contributed by atoms with van der Waals surface area (Å²) in [4.78, 5) is 33.4. The predicted octanol–water partition coefficient (Wildman–Crippen LogP) is 2.43. The number of benzene rings is 2. The maximum atomic E-state index is 12.2. The van der Waals surface area contributed by atoms with Gasteiger partial charge in [-0.1, -0.05) is 6.07 Å². The zero-order valence-corrected chi connectivity index (χ0v) is 12.2. The number of hydrogen-bond donors (Lipinski definition) is 1. The van der Waals surface area contributed by atoms with Crippen LogP contribution in [-0.4, -0.2) is 27.6 Å². The monoisotopic (exact) mass is 325 g/mol. The van der Waals surface area contributed by atoms with E-state index >= 15 is 0 Å². The largest absolute Gasteiger partial charge is 0.478 e. The summed E-state index contributed by atoms with van der Waals surface area (Å²) < 4.78 is 0. The second kappa shape index (κ2) is 5.92. The van der Waals surface area contributed by atoms with Gasteiger partial charge in [0.25, 0.3) is 11.6 Å². The molecule has 0 aromatic heterocycles. The van der Waals surface area contributed by atoms with Crippen LogP contribution in [0.5, 0.6) is 0 Å². The number of amides is 1. The molecule has 0 aliphatic carbocycles. The van der Waals surface area contributed by atoms with Gasteiger partial charge in [0.1, 0.15) is 0 Å². The Morgan fingerprint density at radius 2 is 1.92 bits per heavy atom. The number of hydrazone groups is 1. The van der Waals surface area contributed by atoms with Gasteiger partial charge in [-0.25, -0.2) is 9.80 Å². The number of carboxylic acid groups (broad SMARTS) is 1. The molecule has 0 radical (unpaired) electrons. The molecule has 8 nitrogen and oxygen atoms in total. The highest BCUT2D eigenvalue weighted by Gasteiger charge is 2.26. The van der Waals surface area contributed by atoms with E-state index in [1.807, 2.05) is 0 Å². The number of hydrogen-bond acceptors (Lipinski definition) is 5. The Kier molecular flexibility index (Phi) is 3.78. The molecule has 3 rings (SSSR count). The lowest BCUT2D eigenvalue weighted by atomic mass is 10.1. The molecule has 1 aliphatic heterocycles. The molecule has 0 spiro atoms. The van der Waals surface area contributed by atoms with Crippen LogP contribution < -0.4 is 5.01 Å². The van der Waals surface area contributed by atoms with Crippen LogP contribution in [0, 0.1) is 10.1 Å². The third kappa shape index (κ3) is 2.84. The number of nitro groups is 1. The molecule has 0 unspecified atom stereocenters. The van der Waals surface area contributed by atoms with E-state index in [0.29, 0.717) is 17.0 Å². The quantitative estimate of drug-likeness (QED) is 0.685. The van der Waals surface area contributed by atoms with Gasteiger partial charge >= 0.3 is 5.97 Å². The molecule has 120 valence electrons. The molecule has 1 heterocycles. The Morgan fingerprint density at radius 1 is 1.21 bits per heavy atom. The second-order valence-corrected chi connectivity index (χ2v) is 5.09. The minimum atomic E-state index is -1.09. The fourth-order valence-electron chi connectivity index (χ4n) is 2.34. The summed E-state index contributed by atoms with van der Waals surface area (Å²) in [5, 5.41) is 25.1. The number of rotatable bonds is 4. The fraction of sp³-hybridized carbons (Fsp3) is 0.0625. The highest BCUT2D eigenvalue weighted by atomic mass is 16.6. The van der Waals surface area contributed by atoms with Crippen LogP contribution in [0.15, 0.2) is 53.6 Å². The molecule has 24 heavy (non-hydrogen) atoms. The Balaban J connectivity index is 1.91. The van der Waals surface area contributed by atoms with Crippen LogP contribution in [-0.2, 0) is 4.79 Å². The molecule has 2 aromatic carbocycles. The standard InChI is InChI=1S/C16H11N3O5/c20-15-9-14(10-4-6-12(7-5-10)19(23)24)17-18(15)13-3-1-2-11(8-13)16(21)22/h1-8H,9H2,(H,21,22). The van der Waals surface area contributed by atoms with Gasteiger partial charge in [0, 0.05) is 12.1 Å². The average molecular weight is 325 g/mol. The van der Waals surface area contributed by atoms with Crippen LogP contribution in [0.3, 0.4) is 0 Å². The van der Waals surface area contributed by atoms with Crippen molar-refractivity contribution in [3.8, 4) is 0 Å². The fourth-order valence-corrected chi connectivity index (χ4v) is 2.34. The molecule has 0 fully saturated rings. The van der Waals surface area contributed by atoms with Crippen molar-refractivity contribution in [1.29, 1.82) is 0 Å². The van der Waals surface area contributed by atoms with Crippen molar-refractivity contribution >= 4 is 29.0 Å². The summed E-state index contributed by atoms with van der Waals surface area (Å²) >= 11 is 0. The predicted molar refractivity (Wildman–Crippen MR) is 85.1 cm³/mol. The van der Waals surface area contributed by atoms with Gasteiger partial charge in [0.2, 0.25) is 0 Å². The third-order valence-electron chi connectivity index (χ3n) is 3.52. The van der Waals surface area contributed by atoms with E-state index in [2.05, 4.69) is 5.10 Å². The molecular formula is C16H11N3O5. The van der Waals surface area contributed by atoms with Crippen molar-refractivity contribution in [2.45, 2.75) is 6.42 Å². The first kappa shape index (κ1) is 15.3. The van der Waals surface area contributed by atoms with E-state index in [1.165, 1.54) is 42.5 Å². The van der Waals surface area contributed by atoms with Crippen LogP contribution in [0.2, 0.25) is 0 Å². The van der Waals surface area contributed by atoms with Crippen molar-refractivity contribution < 1.29 is 19.6 Å². The molecule has 2 aromatic rings. The summed E-state index contributed by atoms with van der Waals surface area (Å²) in [6.07, 6.45) is 0.0368. The average Bonchev–Trinajstić information content (AvgIpc) is 2.97. The van der Waals surface area contributed by atoms with Gasteiger partial charge in [-0.05, 0) is 35.9 Å². The van der Waals surface area contributed by atoms with Crippen molar-refractivity contribution in [2.75, 3.05) is 5.01 Å². The van der Waals surface area contributed by atoms with Crippen molar-refractivity contribution in [2.24, 2.45) is 5.10 Å². The van der Waals surface area contributed by atoms with Crippen LogP contribution in [0.25, 0.3) is 0 Å². The van der Waals surface area contributed by atoms with Gasteiger partial charge < -0.3 is 5.11 Å². The van der Waals surface area contributed by atoms with Crippen LogP contribution in [0.4, 0.5) is 11.4 Å². The van der Waals surface area contributed by atoms with Gasteiger partial charge in [0.05, 0.1) is 28.3 Å². The number of anilines is 1. The molecule has 1 aliphatic rings. The number of carbonyl (C=O) groups excluding carboxylic acids is 1. The summed E-state index contributed by atoms with van der Waals surface area (Å²) in [7, 11) is 0. The first-order valence-corrected chi connectivity index (χ1v) is 6.94. The van der Waals surface area contributed by atoms with Gasteiger partial charge in [-0.3, -0.25) is 14.9 Å². The number of non-ortho nitro benzene ring substituents is 1. The Labute approximate surface area is 135 Å². The minimum absolute atomic E-state index is 0.0368. The molecule has 0 bridgehead atoms. The first-order chi connectivity index (χ1) is 11.5. The molecule has 1 N–H and O–H groups in total. The number of nitro benzene ring substituents is 1. The summed E-state index contributed by atoms with van der Waals surface area (Å²) in [5.74, 6) is -1.39. The highest BCUT2D eigenvalue weighted by Crippen LogP contribution is 2.24. The van der Waals surface area contributed by atoms with Gasteiger partial charge in [-0.2, -0.15) is 5.10 Å². The first-order valence-electron chi connectivity index (χ1n) is 6.94. The van der Waals surface area contributed by atoms with Gasteiger partial charge in [0.15, 0.2) is 0 Å². The lowest BCUT2D eigenvalue weighted by Crippen LogP contribution is -2.19. The summed E-state index contributed by atoms with van der Waals surface area (Å²) in [5.41, 5.74) is 1.44. The van der Waals surface area contributed by atoms with Gasteiger partial charge in [-0.15, -0.1) is 0 Å². The smallest absolute Gasteiger partial charge is 0.335 e. The lowest BCUT2D eigenvalue weighted by Gasteiger charge is -2.11. The Morgan fingerprint density at radius 3 is 2.54 bits per heavy atom. The number of aromatic carboxylic acids is 1. The molecule has 0 saturated heterocycles. The molecule has 1 amide bonds. The highest BCUT2D eigenvalue weighted by molar-refractivity contribution is 6.19. The van der Waals surface area contributed by atoms with Crippen molar-refractivity contribution in [3.63, 3.8) is 0 Å². The van der Waals surface area contributed by atoms with Crippen LogP contribution >= 0.6 is 0 Å². The van der Waals surface area contributed by atoms with E-state index in [0.717, 1.165) is 5.01 Å². The summed E-state index contributed by atoms with van der Waals surface area (Å²) in [6, 6.07) is 11.7. The van der Waals surface area contributed by atoms with Crippen molar-refractivity contribution in [3.05, 3.63) is 69.8 Å². The SMILES string of the molecule is O=C(O)c1cccc(N2N=C(c3ccc([N+](=O)[O-])cc3)CC2=O)c1. The zero-order chi connectivity index (χ0) is 17.3. The Bertz CT molecular complexity index is 874. The van der Waals surface area contributed by atoms with E-state index in [1.54, 1.807) is 6.07 Å². The third-order valence-corrected chi connectivity index (χ3v) is 3.52. The minimum Gasteiger partial charge on any atom is -0.478 e. The van der Waals surface area contributed by atoms with E-state index in [4.69, 9.17) is 5.11 Å². The number of nitrogens with zero attached hydrogens (tertiary/aromatic N) is 3. The number of carboxylic acids is 1. The normalized spacial score (nSPS) is 13.8. The topological polar surface area (TPSA) is 113 Å². The zero-order valence-electron chi connectivity index (χ0n) is 12.2. The van der Waals surface area contributed by atoms with E-state index < -0.39 is 10.9 Å². The van der Waals surface area contributed by atoms with E-state index in [9.17, 15) is 19.7 Å². The lowest BCUT2D eigenvalue weighted by molar-refractivity contribution is -0.384. The Hall–Kier alpha value is -3.55. The molecular weight excluding hydrogens is 314 g/mol.